The second-order valence-corrected chi connectivity index (χ2v) is 9.70. The topological polar surface area (TPSA) is 26.3 Å². The molecule has 0 aliphatic rings. The zero-order valence-electron chi connectivity index (χ0n) is 19.2. The highest BCUT2D eigenvalue weighted by atomic mass is 16.3. The first-order valence-electron chi connectivity index (χ1n) is 12.3. The molecule has 0 spiro atoms. The lowest BCUT2D eigenvalue weighted by Crippen LogP contribution is -1.90. The predicted molar refractivity (Wildman–Crippen MR) is 151 cm³/mol. The molecule has 2 nitrogen and oxygen atoms in total. The summed E-state index contributed by atoms with van der Waals surface area (Å²) in [5.74, 6) is 0. The summed E-state index contributed by atoms with van der Waals surface area (Å²) in [7, 11) is 0. The Balaban J connectivity index is 1.60. The Morgan fingerprint density at radius 3 is 1.56 bits per heavy atom. The van der Waals surface area contributed by atoms with Gasteiger partial charge in [-0.1, -0.05) is 66.7 Å². The third-order valence-electron chi connectivity index (χ3n) is 7.76. The zero-order valence-corrected chi connectivity index (χ0v) is 19.2. The Labute approximate surface area is 204 Å². The lowest BCUT2D eigenvalue weighted by atomic mass is 9.89. The summed E-state index contributed by atoms with van der Waals surface area (Å²) < 4.78 is 13.0. The van der Waals surface area contributed by atoms with Gasteiger partial charge in [-0.2, -0.15) is 0 Å². The van der Waals surface area contributed by atoms with Crippen LogP contribution in [0, 0.1) is 0 Å². The van der Waals surface area contributed by atoms with Crippen molar-refractivity contribution in [2.75, 3.05) is 0 Å². The average molecular weight is 459 g/mol. The van der Waals surface area contributed by atoms with Gasteiger partial charge in [-0.3, -0.25) is 0 Å². The highest BCUT2D eigenvalue weighted by molar-refractivity contribution is 6.39. The van der Waals surface area contributed by atoms with Crippen LogP contribution in [0.15, 0.2) is 118 Å². The van der Waals surface area contributed by atoms with Gasteiger partial charge in [-0.25, -0.2) is 0 Å². The number of hydrogen-bond donors (Lipinski definition) is 0. The molecule has 36 heavy (non-hydrogen) atoms. The number of para-hydroxylation sites is 1. The van der Waals surface area contributed by atoms with E-state index in [1.807, 2.05) is 6.07 Å². The molecule has 2 aromatic heterocycles. The molecule has 0 saturated heterocycles. The van der Waals surface area contributed by atoms with E-state index in [0.29, 0.717) is 0 Å². The Morgan fingerprint density at radius 2 is 0.833 bits per heavy atom. The average Bonchev–Trinajstić information content (AvgIpc) is 2.92. The van der Waals surface area contributed by atoms with Gasteiger partial charge in [-0.15, -0.1) is 0 Å². The van der Waals surface area contributed by atoms with Crippen LogP contribution in [0.25, 0.3) is 87.0 Å². The molecule has 9 rings (SSSR count). The van der Waals surface area contributed by atoms with E-state index in [2.05, 4.69) is 103 Å². The molecule has 0 aliphatic heterocycles. The first-order chi connectivity index (χ1) is 17.8. The summed E-state index contributed by atoms with van der Waals surface area (Å²) in [5.41, 5.74) is 3.61. The van der Waals surface area contributed by atoms with Crippen LogP contribution in [0.1, 0.15) is 0 Å². The van der Waals surface area contributed by atoms with Crippen LogP contribution < -0.4 is 0 Å². The molecule has 0 unspecified atom stereocenters. The number of fused-ring (bicyclic) bond motifs is 8. The lowest BCUT2D eigenvalue weighted by Gasteiger charge is -2.17. The number of rotatable bonds is 0. The first-order valence-corrected chi connectivity index (χ1v) is 12.3. The molecule has 0 radical (unpaired) electrons. The Bertz CT molecular complexity index is 2370. The molecule has 0 atom stereocenters. The van der Waals surface area contributed by atoms with E-state index < -0.39 is 0 Å². The van der Waals surface area contributed by atoms with Gasteiger partial charge in [0.05, 0.1) is 0 Å². The van der Waals surface area contributed by atoms with Crippen molar-refractivity contribution in [3.63, 3.8) is 0 Å². The van der Waals surface area contributed by atoms with Crippen molar-refractivity contribution >= 4 is 87.0 Å². The molecule has 0 saturated carbocycles. The molecule has 9 aromatic rings. The second kappa shape index (κ2) is 6.44. The molecule has 0 bridgehead atoms. The summed E-state index contributed by atoms with van der Waals surface area (Å²) in [4.78, 5) is 0. The SMILES string of the molecule is c1ccc2cc3cc4c(cc3cc2c1)oc1cccc2c1c4c1cccc3oc4ccccc4c2c31. The predicted octanol–water partition coefficient (Wildman–Crippen LogP) is 10.1. The Hall–Kier alpha value is -4.82. The van der Waals surface area contributed by atoms with Gasteiger partial charge in [0.15, 0.2) is 0 Å². The van der Waals surface area contributed by atoms with E-state index in [4.69, 9.17) is 8.83 Å². The first kappa shape index (κ1) is 18.5. The summed E-state index contributed by atoms with van der Waals surface area (Å²) in [6, 6.07) is 38.7. The van der Waals surface area contributed by atoms with Crippen LogP contribution >= 0.6 is 0 Å². The van der Waals surface area contributed by atoms with Crippen LogP contribution in [0.2, 0.25) is 0 Å². The van der Waals surface area contributed by atoms with Gasteiger partial charge >= 0.3 is 0 Å². The van der Waals surface area contributed by atoms with Gasteiger partial charge in [0, 0.05) is 32.3 Å². The van der Waals surface area contributed by atoms with Gasteiger partial charge in [0.1, 0.15) is 22.3 Å². The van der Waals surface area contributed by atoms with Crippen molar-refractivity contribution in [2.24, 2.45) is 0 Å². The molecule has 0 N–H and O–H groups in total. The third-order valence-corrected chi connectivity index (χ3v) is 7.76. The highest BCUT2D eigenvalue weighted by Crippen LogP contribution is 2.46. The minimum Gasteiger partial charge on any atom is -0.456 e. The summed E-state index contributed by atoms with van der Waals surface area (Å²) in [6.45, 7) is 0. The van der Waals surface area contributed by atoms with Crippen molar-refractivity contribution in [1.29, 1.82) is 0 Å². The van der Waals surface area contributed by atoms with Crippen LogP contribution in [0.5, 0.6) is 0 Å². The van der Waals surface area contributed by atoms with Crippen LogP contribution in [-0.4, -0.2) is 0 Å². The van der Waals surface area contributed by atoms with Gasteiger partial charge in [-0.05, 0) is 74.8 Å². The Kier molecular flexibility index (Phi) is 3.31. The van der Waals surface area contributed by atoms with E-state index in [9.17, 15) is 0 Å². The fourth-order valence-corrected chi connectivity index (χ4v) is 6.24. The number of hydrogen-bond acceptors (Lipinski definition) is 2. The quantitative estimate of drug-likeness (QED) is 0.167. The molecule has 166 valence electrons. The molecular formula is C34H18O2. The monoisotopic (exact) mass is 458 g/mol. The van der Waals surface area contributed by atoms with E-state index >= 15 is 0 Å². The molecule has 2 heteroatoms. The van der Waals surface area contributed by atoms with Crippen molar-refractivity contribution in [3.8, 4) is 0 Å². The highest BCUT2D eigenvalue weighted by Gasteiger charge is 2.20. The maximum Gasteiger partial charge on any atom is 0.135 e. The minimum absolute atomic E-state index is 0.896. The van der Waals surface area contributed by atoms with Crippen molar-refractivity contribution in [2.45, 2.75) is 0 Å². The summed E-state index contributed by atoms with van der Waals surface area (Å²) in [6.07, 6.45) is 0. The third kappa shape index (κ3) is 2.26. The van der Waals surface area contributed by atoms with Gasteiger partial charge < -0.3 is 8.83 Å². The normalized spacial score (nSPS) is 12.4. The van der Waals surface area contributed by atoms with E-state index in [1.165, 1.54) is 53.9 Å². The Morgan fingerprint density at radius 1 is 0.306 bits per heavy atom. The van der Waals surface area contributed by atoms with E-state index in [-0.39, 0.29) is 0 Å². The standard InChI is InChI=1S/C34H18O2/c1-2-8-20-16-22-18-30-26(17-21(22)15-19(20)7-1)32-25-11-6-13-28-33(25)31(23-9-3-4-12-27(23)35-28)24-10-5-14-29(36-30)34(24)32/h1-18H. The second-order valence-electron chi connectivity index (χ2n) is 9.70. The fourth-order valence-electron chi connectivity index (χ4n) is 6.24. The van der Waals surface area contributed by atoms with Crippen LogP contribution in [0.4, 0.5) is 0 Å². The maximum atomic E-state index is 6.62. The molecule has 7 aromatic carbocycles. The molecule has 2 heterocycles. The summed E-state index contributed by atoms with van der Waals surface area (Å²) in [5, 5.41) is 14.3. The van der Waals surface area contributed by atoms with Crippen LogP contribution in [-0.2, 0) is 0 Å². The molecular weight excluding hydrogens is 440 g/mol. The fraction of sp³-hybridized carbons (Fsp3) is 0. The molecule has 0 amide bonds. The van der Waals surface area contributed by atoms with Crippen molar-refractivity contribution < 1.29 is 8.83 Å². The zero-order chi connectivity index (χ0) is 23.4. The van der Waals surface area contributed by atoms with E-state index in [0.717, 1.165) is 33.1 Å². The van der Waals surface area contributed by atoms with Gasteiger partial charge in [0.2, 0.25) is 0 Å². The lowest BCUT2D eigenvalue weighted by molar-refractivity contribution is 0.661. The van der Waals surface area contributed by atoms with Gasteiger partial charge in [0.25, 0.3) is 0 Å². The minimum atomic E-state index is 0.896. The van der Waals surface area contributed by atoms with Crippen LogP contribution in [0.3, 0.4) is 0 Å². The molecule has 0 aliphatic carbocycles. The van der Waals surface area contributed by atoms with E-state index in [1.54, 1.807) is 0 Å². The van der Waals surface area contributed by atoms with Crippen molar-refractivity contribution in [3.05, 3.63) is 109 Å². The smallest absolute Gasteiger partial charge is 0.135 e. The number of benzene rings is 7. The maximum absolute atomic E-state index is 6.62. The summed E-state index contributed by atoms with van der Waals surface area (Å²) >= 11 is 0. The van der Waals surface area contributed by atoms with Crippen molar-refractivity contribution in [1.82, 2.24) is 0 Å². The molecule has 0 fully saturated rings. The largest absolute Gasteiger partial charge is 0.456 e.